The van der Waals surface area contributed by atoms with Crippen molar-refractivity contribution in [3.63, 3.8) is 0 Å². The number of carbonyl (C=O) groups excluding carboxylic acids is 1. The zero-order chi connectivity index (χ0) is 18.5. The Balaban J connectivity index is 1.39. The Bertz CT molecular complexity index is 744. The molecule has 4 rings (SSSR count). The number of fused-ring (bicyclic) bond motifs is 1. The summed E-state index contributed by atoms with van der Waals surface area (Å²) in [7, 11) is 0. The molecule has 2 aliphatic heterocycles. The molecule has 8 heteroatoms. The molecule has 2 aromatic heterocycles. The van der Waals surface area contributed by atoms with Crippen LogP contribution < -0.4 is 5.32 Å². The molecule has 144 valence electrons. The molecule has 0 aromatic carbocycles. The Hall–Kier alpha value is -2.32. The largest absolute Gasteiger partial charge is 0.381 e. The number of hydrogen-bond donors (Lipinski definition) is 1. The van der Waals surface area contributed by atoms with Crippen LogP contribution in [0.3, 0.4) is 0 Å². The van der Waals surface area contributed by atoms with Gasteiger partial charge in [-0.3, -0.25) is 14.4 Å². The number of carbonyl (C=O) groups is 1. The van der Waals surface area contributed by atoms with Gasteiger partial charge in [0.2, 0.25) is 0 Å². The fourth-order valence-corrected chi connectivity index (χ4v) is 3.95. The normalized spacial score (nSPS) is 21.4. The number of nitrogens with zero attached hydrogens (tertiary/aromatic N) is 5. The van der Waals surface area contributed by atoms with Crippen LogP contribution in [0.2, 0.25) is 0 Å². The average molecular weight is 370 g/mol. The van der Waals surface area contributed by atoms with E-state index in [1.54, 1.807) is 6.07 Å². The maximum atomic E-state index is 12.3. The highest BCUT2D eigenvalue weighted by Crippen LogP contribution is 2.21. The second-order valence-corrected chi connectivity index (χ2v) is 7.46. The summed E-state index contributed by atoms with van der Waals surface area (Å²) >= 11 is 0. The van der Waals surface area contributed by atoms with Gasteiger partial charge in [-0.1, -0.05) is 0 Å². The van der Waals surface area contributed by atoms with Crippen LogP contribution in [0.5, 0.6) is 0 Å². The molecule has 0 saturated carbocycles. The molecular formula is C19H26N6O2. The van der Waals surface area contributed by atoms with Crippen molar-refractivity contribution in [2.75, 3.05) is 32.8 Å². The van der Waals surface area contributed by atoms with Crippen molar-refractivity contribution in [3.8, 4) is 0 Å². The highest BCUT2D eigenvalue weighted by atomic mass is 16.5. The molecule has 0 bridgehead atoms. The number of amides is 1. The van der Waals surface area contributed by atoms with Gasteiger partial charge < -0.3 is 10.1 Å². The van der Waals surface area contributed by atoms with Gasteiger partial charge in [0.1, 0.15) is 0 Å². The van der Waals surface area contributed by atoms with Gasteiger partial charge in [-0.05, 0) is 30.9 Å². The lowest BCUT2D eigenvalue weighted by Crippen LogP contribution is -2.39. The van der Waals surface area contributed by atoms with Gasteiger partial charge in [-0.2, -0.15) is 15.3 Å². The SMILES string of the molecule is O=C(NC[C@H]1CN(CC2CCOCC2)Cc2ccnn2C1)c1ccnnc1. The molecule has 1 saturated heterocycles. The summed E-state index contributed by atoms with van der Waals surface area (Å²) in [5.74, 6) is 0.891. The van der Waals surface area contributed by atoms with E-state index in [0.29, 0.717) is 23.9 Å². The molecular weight excluding hydrogens is 344 g/mol. The van der Waals surface area contributed by atoms with Gasteiger partial charge in [0.25, 0.3) is 5.91 Å². The van der Waals surface area contributed by atoms with Gasteiger partial charge in [-0.15, -0.1) is 0 Å². The Morgan fingerprint density at radius 3 is 2.85 bits per heavy atom. The third-order valence-electron chi connectivity index (χ3n) is 5.39. The standard InChI is InChI=1S/C19H26N6O2/c26-19(17-1-5-21-22-10-17)20-9-16-12-24(11-15-3-7-27-8-4-15)14-18-2-6-23-25(18)13-16/h1-2,5-6,10,15-16H,3-4,7-9,11-14H2,(H,20,26)/t16-/m0/s1. The van der Waals surface area contributed by atoms with E-state index in [0.717, 1.165) is 52.2 Å². The lowest BCUT2D eigenvalue weighted by molar-refractivity contribution is 0.0494. The van der Waals surface area contributed by atoms with Crippen LogP contribution in [-0.4, -0.2) is 63.6 Å². The van der Waals surface area contributed by atoms with E-state index >= 15 is 0 Å². The molecule has 1 amide bonds. The van der Waals surface area contributed by atoms with Crippen LogP contribution in [-0.2, 0) is 17.8 Å². The molecule has 8 nitrogen and oxygen atoms in total. The minimum absolute atomic E-state index is 0.106. The van der Waals surface area contributed by atoms with Gasteiger partial charge in [0.05, 0.1) is 23.7 Å². The van der Waals surface area contributed by atoms with Crippen molar-refractivity contribution in [1.29, 1.82) is 0 Å². The first-order valence-electron chi connectivity index (χ1n) is 9.63. The number of hydrogen-bond acceptors (Lipinski definition) is 6. The minimum atomic E-state index is -0.106. The summed E-state index contributed by atoms with van der Waals surface area (Å²) in [6.07, 6.45) is 7.15. The lowest BCUT2D eigenvalue weighted by atomic mass is 9.99. The van der Waals surface area contributed by atoms with Gasteiger partial charge in [-0.25, -0.2) is 0 Å². The van der Waals surface area contributed by atoms with Crippen molar-refractivity contribution in [2.45, 2.75) is 25.9 Å². The van der Waals surface area contributed by atoms with Crippen LogP contribution in [0.15, 0.2) is 30.7 Å². The Morgan fingerprint density at radius 2 is 2.04 bits per heavy atom. The second kappa shape index (κ2) is 8.58. The van der Waals surface area contributed by atoms with Crippen LogP contribution in [0, 0.1) is 11.8 Å². The molecule has 1 fully saturated rings. The maximum Gasteiger partial charge on any atom is 0.252 e. The van der Waals surface area contributed by atoms with E-state index in [1.165, 1.54) is 18.1 Å². The number of aromatic nitrogens is 4. The highest BCUT2D eigenvalue weighted by Gasteiger charge is 2.25. The van der Waals surface area contributed by atoms with Crippen molar-refractivity contribution < 1.29 is 9.53 Å². The monoisotopic (exact) mass is 370 g/mol. The molecule has 1 N–H and O–H groups in total. The summed E-state index contributed by atoms with van der Waals surface area (Å²) in [5.41, 5.74) is 1.78. The summed E-state index contributed by atoms with van der Waals surface area (Å²) < 4.78 is 7.57. The Kier molecular flexibility index (Phi) is 5.74. The van der Waals surface area contributed by atoms with Crippen LogP contribution in [0.1, 0.15) is 28.9 Å². The number of ether oxygens (including phenoxy) is 1. The van der Waals surface area contributed by atoms with Crippen LogP contribution in [0.4, 0.5) is 0 Å². The third kappa shape index (κ3) is 4.70. The molecule has 2 aliphatic rings. The van der Waals surface area contributed by atoms with Crippen molar-refractivity contribution in [1.82, 2.24) is 30.2 Å². The first-order valence-corrected chi connectivity index (χ1v) is 9.63. The summed E-state index contributed by atoms with van der Waals surface area (Å²) in [5, 5.41) is 15.0. The van der Waals surface area contributed by atoms with Crippen LogP contribution in [0.25, 0.3) is 0 Å². The van der Waals surface area contributed by atoms with Crippen LogP contribution >= 0.6 is 0 Å². The molecule has 27 heavy (non-hydrogen) atoms. The molecule has 0 spiro atoms. The van der Waals surface area contributed by atoms with Crippen molar-refractivity contribution in [3.05, 3.63) is 42.0 Å². The van der Waals surface area contributed by atoms with E-state index in [-0.39, 0.29) is 5.91 Å². The number of nitrogens with one attached hydrogen (secondary N) is 1. The summed E-state index contributed by atoms with van der Waals surface area (Å²) in [4.78, 5) is 14.9. The smallest absolute Gasteiger partial charge is 0.252 e. The minimum Gasteiger partial charge on any atom is -0.381 e. The summed E-state index contributed by atoms with van der Waals surface area (Å²) in [6.45, 7) is 6.12. The first kappa shape index (κ1) is 18.1. The molecule has 1 atom stereocenters. The quantitative estimate of drug-likeness (QED) is 0.844. The third-order valence-corrected chi connectivity index (χ3v) is 5.39. The molecule has 2 aromatic rings. The van der Waals surface area contributed by atoms with Crippen molar-refractivity contribution in [2.24, 2.45) is 11.8 Å². The van der Waals surface area contributed by atoms with Gasteiger partial charge in [0.15, 0.2) is 0 Å². The van der Waals surface area contributed by atoms with Gasteiger partial charge >= 0.3 is 0 Å². The highest BCUT2D eigenvalue weighted by molar-refractivity contribution is 5.93. The number of rotatable bonds is 5. The van der Waals surface area contributed by atoms with E-state index in [4.69, 9.17) is 4.74 Å². The zero-order valence-corrected chi connectivity index (χ0v) is 15.5. The zero-order valence-electron chi connectivity index (χ0n) is 15.5. The Labute approximate surface area is 158 Å². The molecule has 0 aliphatic carbocycles. The fourth-order valence-electron chi connectivity index (χ4n) is 3.95. The average Bonchev–Trinajstić information content (AvgIpc) is 3.06. The predicted molar refractivity (Wildman–Crippen MR) is 98.9 cm³/mol. The molecule has 4 heterocycles. The second-order valence-electron chi connectivity index (χ2n) is 7.46. The van der Waals surface area contributed by atoms with E-state index in [2.05, 4.69) is 36.3 Å². The summed E-state index contributed by atoms with van der Waals surface area (Å²) in [6, 6.07) is 3.78. The van der Waals surface area contributed by atoms with Crippen molar-refractivity contribution >= 4 is 5.91 Å². The fraction of sp³-hybridized carbons (Fsp3) is 0.579. The Morgan fingerprint density at radius 1 is 1.15 bits per heavy atom. The topological polar surface area (TPSA) is 85.2 Å². The first-order chi connectivity index (χ1) is 13.3. The predicted octanol–water partition coefficient (Wildman–Crippen LogP) is 0.961. The maximum absolute atomic E-state index is 12.3. The molecule has 0 radical (unpaired) electrons. The van der Waals surface area contributed by atoms with E-state index in [9.17, 15) is 4.79 Å². The molecule has 0 unspecified atom stereocenters. The lowest BCUT2D eigenvalue weighted by Gasteiger charge is -2.30. The van der Waals surface area contributed by atoms with E-state index < -0.39 is 0 Å². The van der Waals surface area contributed by atoms with E-state index in [1.807, 2.05) is 6.20 Å². The van der Waals surface area contributed by atoms with Gasteiger partial charge in [0, 0.05) is 58.1 Å².